The summed E-state index contributed by atoms with van der Waals surface area (Å²) < 4.78 is 11.7. The van der Waals surface area contributed by atoms with Gasteiger partial charge in [-0.1, -0.05) is 31.2 Å². The minimum absolute atomic E-state index is 0.0699. The molecule has 0 saturated carbocycles. The summed E-state index contributed by atoms with van der Waals surface area (Å²) in [6.07, 6.45) is 2.55. The zero-order valence-electron chi connectivity index (χ0n) is 16.2. The van der Waals surface area contributed by atoms with Crippen LogP contribution < -0.4 is 10.6 Å². The van der Waals surface area contributed by atoms with E-state index in [1.165, 1.54) is 5.56 Å². The molecule has 2 N–H and O–H groups in total. The van der Waals surface area contributed by atoms with E-state index in [-0.39, 0.29) is 23.5 Å². The lowest BCUT2D eigenvalue weighted by atomic mass is 9.72. The summed E-state index contributed by atoms with van der Waals surface area (Å²) in [7, 11) is 1.74. The van der Waals surface area contributed by atoms with Gasteiger partial charge in [-0.2, -0.15) is 0 Å². The Balaban J connectivity index is 1.69. The molecule has 4 rings (SSSR count). The van der Waals surface area contributed by atoms with Gasteiger partial charge in [0.2, 0.25) is 5.76 Å². The number of hydrogen-bond donors (Lipinski definition) is 2. The number of carbonyl (C=O) groups is 1. The van der Waals surface area contributed by atoms with Gasteiger partial charge in [0.25, 0.3) is 5.91 Å². The Morgan fingerprint density at radius 1 is 1.37 bits per heavy atom. The van der Waals surface area contributed by atoms with Crippen LogP contribution in [0.25, 0.3) is 0 Å². The monoisotopic (exact) mass is 369 g/mol. The van der Waals surface area contributed by atoms with E-state index < -0.39 is 0 Å². The summed E-state index contributed by atoms with van der Waals surface area (Å²) in [6.45, 7) is 5.68. The standard InChI is InChI=1S/C21H27N3O3/c1-4-16-23-13(2)18(27-16)20(25)24-17-14-7-5-6-8-15(14)21(19(17)26-3)9-11-22-12-10-21/h5-8,17,19,22H,4,9-12H2,1-3H3,(H,24,25)/t17-,19+/m0/s1. The normalized spacial score (nSPS) is 23.4. The van der Waals surface area contributed by atoms with Crippen molar-refractivity contribution in [3.05, 3.63) is 52.7 Å². The lowest BCUT2D eigenvalue weighted by Gasteiger charge is -2.40. The molecule has 1 saturated heterocycles. The van der Waals surface area contributed by atoms with Crippen LogP contribution in [-0.4, -0.2) is 37.2 Å². The number of rotatable bonds is 4. The molecule has 2 aromatic rings. The quantitative estimate of drug-likeness (QED) is 0.867. The molecule has 1 aromatic carbocycles. The number of nitrogens with one attached hydrogen (secondary N) is 2. The first-order valence-electron chi connectivity index (χ1n) is 9.71. The molecule has 2 heterocycles. The Hall–Kier alpha value is -2.18. The van der Waals surface area contributed by atoms with Gasteiger partial charge in [-0.15, -0.1) is 0 Å². The van der Waals surface area contributed by atoms with E-state index in [4.69, 9.17) is 9.15 Å². The average molecular weight is 369 g/mol. The first-order valence-corrected chi connectivity index (χ1v) is 9.71. The predicted molar refractivity (Wildman–Crippen MR) is 102 cm³/mol. The summed E-state index contributed by atoms with van der Waals surface area (Å²) in [6, 6.07) is 8.20. The van der Waals surface area contributed by atoms with E-state index in [1.807, 2.05) is 19.9 Å². The van der Waals surface area contributed by atoms with Gasteiger partial charge in [0.05, 0.1) is 17.8 Å². The van der Waals surface area contributed by atoms with E-state index in [0.29, 0.717) is 23.8 Å². The molecule has 1 fully saturated rings. The third kappa shape index (κ3) is 2.87. The van der Waals surface area contributed by atoms with Crippen LogP contribution in [0.2, 0.25) is 0 Å². The van der Waals surface area contributed by atoms with Gasteiger partial charge in [-0.05, 0) is 44.0 Å². The number of piperidine rings is 1. The second-order valence-corrected chi connectivity index (χ2v) is 7.48. The molecule has 6 heteroatoms. The van der Waals surface area contributed by atoms with Gasteiger partial charge >= 0.3 is 0 Å². The van der Waals surface area contributed by atoms with E-state index in [0.717, 1.165) is 31.5 Å². The Bertz CT molecular complexity index is 839. The molecule has 2 aliphatic rings. The number of aromatic nitrogens is 1. The first kappa shape index (κ1) is 18.2. The van der Waals surface area contributed by atoms with Crippen molar-refractivity contribution in [3.63, 3.8) is 0 Å². The highest BCUT2D eigenvalue weighted by atomic mass is 16.5. The molecular weight excluding hydrogens is 342 g/mol. The molecule has 0 unspecified atom stereocenters. The van der Waals surface area contributed by atoms with Crippen molar-refractivity contribution >= 4 is 5.91 Å². The first-order chi connectivity index (χ1) is 13.1. The Morgan fingerprint density at radius 2 is 2.11 bits per heavy atom. The maximum absolute atomic E-state index is 13.0. The zero-order valence-corrected chi connectivity index (χ0v) is 16.2. The highest BCUT2D eigenvalue weighted by Gasteiger charge is 2.53. The molecule has 1 aliphatic heterocycles. The highest BCUT2D eigenvalue weighted by Crippen LogP contribution is 2.51. The maximum atomic E-state index is 13.0. The fourth-order valence-corrected chi connectivity index (χ4v) is 4.82. The zero-order chi connectivity index (χ0) is 19.0. The Kier molecular flexibility index (Phi) is 4.78. The van der Waals surface area contributed by atoms with Crippen LogP contribution in [0.3, 0.4) is 0 Å². The number of benzene rings is 1. The van der Waals surface area contributed by atoms with Gasteiger partial charge < -0.3 is 19.8 Å². The minimum atomic E-state index is -0.229. The van der Waals surface area contributed by atoms with Crippen LogP contribution in [0, 0.1) is 6.92 Å². The number of hydrogen-bond acceptors (Lipinski definition) is 5. The SMILES string of the molecule is CCc1nc(C)c(C(=O)N[C@H]2c3ccccc3C3(CCNCC3)[C@@H]2OC)o1. The molecule has 0 radical (unpaired) electrons. The maximum Gasteiger partial charge on any atom is 0.289 e. The number of carbonyl (C=O) groups excluding carboxylic acids is 1. The van der Waals surface area contributed by atoms with Crippen LogP contribution in [0.15, 0.2) is 28.7 Å². The number of oxazole rings is 1. The molecule has 144 valence electrons. The van der Waals surface area contributed by atoms with E-state index in [2.05, 4.69) is 33.8 Å². The van der Waals surface area contributed by atoms with Crippen LogP contribution >= 0.6 is 0 Å². The molecular formula is C21H27N3O3. The summed E-state index contributed by atoms with van der Waals surface area (Å²) in [5, 5.41) is 6.63. The lowest BCUT2D eigenvalue weighted by molar-refractivity contribution is 0.00369. The van der Waals surface area contributed by atoms with Gasteiger partial charge in [0, 0.05) is 18.9 Å². The molecule has 1 amide bonds. The minimum Gasteiger partial charge on any atom is -0.435 e. The van der Waals surface area contributed by atoms with Gasteiger partial charge in [0.15, 0.2) is 5.89 Å². The van der Waals surface area contributed by atoms with Crippen LogP contribution in [-0.2, 0) is 16.6 Å². The average Bonchev–Trinajstić information content (AvgIpc) is 3.19. The molecule has 6 nitrogen and oxygen atoms in total. The Morgan fingerprint density at radius 3 is 2.78 bits per heavy atom. The van der Waals surface area contributed by atoms with Gasteiger partial charge in [-0.3, -0.25) is 4.79 Å². The summed E-state index contributed by atoms with van der Waals surface area (Å²) in [5.41, 5.74) is 3.00. The van der Waals surface area contributed by atoms with E-state index >= 15 is 0 Å². The van der Waals surface area contributed by atoms with Gasteiger partial charge in [-0.25, -0.2) is 4.98 Å². The largest absolute Gasteiger partial charge is 0.435 e. The lowest BCUT2D eigenvalue weighted by Crippen LogP contribution is -2.49. The summed E-state index contributed by atoms with van der Waals surface area (Å²) in [4.78, 5) is 17.3. The third-order valence-electron chi connectivity index (χ3n) is 6.07. The van der Waals surface area contributed by atoms with Crippen molar-refractivity contribution in [1.29, 1.82) is 0 Å². The fraction of sp³-hybridized carbons (Fsp3) is 0.524. The number of nitrogens with zero attached hydrogens (tertiary/aromatic N) is 1. The molecule has 1 spiro atoms. The van der Waals surface area contributed by atoms with Gasteiger partial charge in [0.1, 0.15) is 0 Å². The van der Waals surface area contributed by atoms with E-state index in [1.54, 1.807) is 7.11 Å². The Labute approximate surface area is 159 Å². The molecule has 1 aliphatic carbocycles. The second kappa shape index (κ2) is 7.09. The van der Waals surface area contributed by atoms with Crippen LogP contribution in [0.1, 0.15) is 59.1 Å². The molecule has 0 bridgehead atoms. The smallest absolute Gasteiger partial charge is 0.289 e. The van der Waals surface area contributed by atoms with Crippen LogP contribution in [0.5, 0.6) is 0 Å². The van der Waals surface area contributed by atoms with Crippen molar-refractivity contribution in [2.75, 3.05) is 20.2 Å². The fourth-order valence-electron chi connectivity index (χ4n) is 4.82. The van der Waals surface area contributed by atoms with Crippen molar-refractivity contribution in [3.8, 4) is 0 Å². The highest BCUT2D eigenvalue weighted by molar-refractivity contribution is 5.93. The third-order valence-corrected chi connectivity index (χ3v) is 6.07. The molecule has 2 atom stereocenters. The predicted octanol–water partition coefficient (Wildman–Crippen LogP) is 2.67. The molecule has 27 heavy (non-hydrogen) atoms. The van der Waals surface area contributed by atoms with Crippen molar-refractivity contribution in [2.45, 2.75) is 50.7 Å². The second-order valence-electron chi connectivity index (χ2n) is 7.48. The number of fused-ring (bicyclic) bond motifs is 2. The van der Waals surface area contributed by atoms with E-state index in [9.17, 15) is 4.79 Å². The van der Waals surface area contributed by atoms with Crippen molar-refractivity contribution in [1.82, 2.24) is 15.6 Å². The topological polar surface area (TPSA) is 76.4 Å². The van der Waals surface area contributed by atoms with Crippen molar-refractivity contribution in [2.24, 2.45) is 0 Å². The summed E-state index contributed by atoms with van der Waals surface area (Å²) in [5.74, 6) is 0.653. The van der Waals surface area contributed by atoms with Crippen molar-refractivity contribution < 1.29 is 13.9 Å². The number of amides is 1. The van der Waals surface area contributed by atoms with Crippen LogP contribution in [0.4, 0.5) is 0 Å². The molecule has 1 aromatic heterocycles. The number of aryl methyl sites for hydroxylation is 2. The summed E-state index contributed by atoms with van der Waals surface area (Å²) >= 11 is 0. The number of methoxy groups -OCH3 is 1. The number of ether oxygens (including phenoxy) is 1.